The van der Waals surface area contributed by atoms with E-state index in [-0.39, 0.29) is 11.6 Å². The summed E-state index contributed by atoms with van der Waals surface area (Å²) in [5.74, 6) is 0.693. The van der Waals surface area contributed by atoms with E-state index < -0.39 is 0 Å². The number of H-pyrrole nitrogens is 2. The molecule has 8 nitrogen and oxygen atoms in total. The van der Waals surface area contributed by atoms with Gasteiger partial charge in [0.15, 0.2) is 0 Å². The predicted molar refractivity (Wildman–Crippen MR) is 89.2 cm³/mol. The van der Waals surface area contributed by atoms with Crippen LogP contribution in [0.3, 0.4) is 0 Å². The molecule has 0 spiro atoms. The van der Waals surface area contributed by atoms with Crippen molar-refractivity contribution >= 4 is 5.91 Å². The first-order valence-electron chi connectivity index (χ1n) is 8.08. The Morgan fingerprint density at radius 2 is 1.83 bits per heavy atom. The molecule has 1 aromatic carbocycles. The lowest BCUT2D eigenvalue weighted by molar-refractivity contribution is -0.122. The zero-order chi connectivity index (χ0) is 16.8. The molecule has 2 heterocycles. The summed E-state index contributed by atoms with van der Waals surface area (Å²) in [6, 6.07) is 9.89. The van der Waals surface area contributed by atoms with E-state index in [0.29, 0.717) is 25.5 Å². The number of nitrogens with one attached hydrogen (secondary N) is 3. The van der Waals surface area contributed by atoms with Crippen LogP contribution in [0.5, 0.6) is 0 Å². The maximum Gasteiger partial charge on any atom is 0.340 e. The standard InChI is InChI=1S/C16H22N6O2/c23-15(17-10-13-4-2-1-3-5-13)12-22-8-6-21(7-9-22)11-14-18-16(24)20-19-14/h1-5H,6-12H2,(H,17,23)(H2,18,19,20,24). The molecule has 0 radical (unpaired) electrons. The van der Waals surface area contributed by atoms with Crippen LogP contribution in [-0.2, 0) is 17.9 Å². The highest BCUT2D eigenvalue weighted by molar-refractivity contribution is 5.78. The third-order valence-corrected chi connectivity index (χ3v) is 4.09. The first kappa shape index (κ1) is 16.4. The summed E-state index contributed by atoms with van der Waals surface area (Å²) < 4.78 is 0. The Balaban J connectivity index is 1.37. The summed E-state index contributed by atoms with van der Waals surface area (Å²) in [7, 11) is 0. The lowest BCUT2D eigenvalue weighted by Gasteiger charge is -2.33. The van der Waals surface area contributed by atoms with E-state index in [1.54, 1.807) is 0 Å². The molecule has 0 unspecified atom stereocenters. The second kappa shape index (κ2) is 7.89. The van der Waals surface area contributed by atoms with Crippen LogP contribution < -0.4 is 11.0 Å². The number of carbonyl (C=O) groups is 1. The van der Waals surface area contributed by atoms with Gasteiger partial charge in [-0.1, -0.05) is 30.3 Å². The third-order valence-electron chi connectivity index (χ3n) is 4.09. The lowest BCUT2D eigenvalue weighted by Crippen LogP contribution is -2.49. The molecule has 1 aliphatic rings. The molecule has 3 rings (SSSR count). The Bertz CT molecular complexity index is 703. The second-order valence-corrected chi connectivity index (χ2v) is 5.94. The van der Waals surface area contributed by atoms with Crippen molar-refractivity contribution < 1.29 is 4.79 Å². The van der Waals surface area contributed by atoms with E-state index in [2.05, 4.69) is 30.3 Å². The molecule has 24 heavy (non-hydrogen) atoms. The number of aromatic nitrogens is 3. The average Bonchev–Trinajstić information content (AvgIpc) is 3.01. The monoisotopic (exact) mass is 330 g/mol. The lowest BCUT2D eigenvalue weighted by atomic mass is 10.2. The molecule has 2 aromatic rings. The van der Waals surface area contributed by atoms with Gasteiger partial charge in [0.05, 0.1) is 13.1 Å². The number of aromatic amines is 2. The highest BCUT2D eigenvalue weighted by atomic mass is 16.2. The highest BCUT2D eigenvalue weighted by Crippen LogP contribution is 2.04. The number of piperazine rings is 1. The van der Waals surface area contributed by atoms with Crippen molar-refractivity contribution in [1.29, 1.82) is 0 Å². The van der Waals surface area contributed by atoms with E-state index in [9.17, 15) is 9.59 Å². The molecular weight excluding hydrogens is 308 g/mol. The van der Waals surface area contributed by atoms with E-state index in [1.165, 1.54) is 0 Å². The molecule has 1 amide bonds. The maximum absolute atomic E-state index is 12.0. The number of hydrogen-bond donors (Lipinski definition) is 3. The average molecular weight is 330 g/mol. The van der Waals surface area contributed by atoms with Crippen LogP contribution in [0.2, 0.25) is 0 Å². The van der Waals surface area contributed by atoms with Crippen molar-refractivity contribution in [2.75, 3.05) is 32.7 Å². The summed E-state index contributed by atoms with van der Waals surface area (Å²) in [5, 5.41) is 9.24. The van der Waals surface area contributed by atoms with E-state index in [0.717, 1.165) is 31.7 Å². The van der Waals surface area contributed by atoms with Crippen molar-refractivity contribution in [2.24, 2.45) is 0 Å². The first-order chi connectivity index (χ1) is 11.7. The first-order valence-corrected chi connectivity index (χ1v) is 8.08. The fourth-order valence-corrected chi connectivity index (χ4v) is 2.75. The molecule has 0 saturated carbocycles. The Kier molecular flexibility index (Phi) is 5.39. The zero-order valence-electron chi connectivity index (χ0n) is 13.5. The molecule has 0 aliphatic carbocycles. The largest absolute Gasteiger partial charge is 0.351 e. The Hall–Kier alpha value is -2.45. The highest BCUT2D eigenvalue weighted by Gasteiger charge is 2.19. The van der Waals surface area contributed by atoms with Gasteiger partial charge in [0.2, 0.25) is 5.91 Å². The van der Waals surface area contributed by atoms with Crippen molar-refractivity contribution in [3.8, 4) is 0 Å². The molecule has 128 valence electrons. The number of hydrogen-bond acceptors (Lipinski definition) is 5. The second-order valence-electron chi connectivity index (χ2n) is 5.94. The number of benzene rings is 1. The van der Waals surface area contributed by atoms with Crippen molar-refractivity contribution in [1.82, 2.24) is 30.3 Å². The van der Waals surface area contributed by atoms with Crippen molar-refractivity contribution in [3.05, 3.63) is 52.2 Å². The maximum atomic E-state index is 12.0. The Morgan fingerprint density at radius 3 is 2.50 bits per heavy atom. The molecule has 1 fully saturated rings. The van der Waals surface area contributed by atoms with E-state index in [4.69, 9.17) is 0 Å². The van der Waals surface area contributed by atoms with Gasteiger partial charge in [0.25, 0.3) is 0 Å². The summed E-state index contributed by atoms with van der Waals surface area (Å²) in [4.78, 5) is 30.1. The number of amides is 1. The van der Waals surface area contributed by atoms with Gasteiger partial charge in [-0.3, -0.25) is 19.6 Å². The summed E-state index contributed by atoms with van der Waals surface area (Å²) >= 11 is 0. The molecular formula is C16H22N6O2. The molecule has 3 N–H and O–H groups in total. The fraction of sp³-hybridized carbons (Fsp3) is 0.438. The SMILES string of the molecule is O=C(CN1CCN(Cc2n[nH]c(=O)[nH]2)CC1)NCc1ccccc1. The van der Waals surface area contributed by atoms with Crippen molar-refractivity contribution in [3.63, 3.8) is 0 Å². The van der Waals surface area contributed by atoms with Gasteiger partial charge in [-0.15, -0.1) is 0 Å². The minimum Gasteiger partial charge on any atom is -0.351 e. The van der Waals surface area contributed by atoms with Crippen LogP contribution in [-0.4, -0.2) is 63.6 Å². The Morgan fingerprint density at radius 1 is 1.12 bits per heavy atom. The minimum atomic E-state index is -0.279. The van der Waals surface area contributed by atoms with Crippen molar-refractivity contribution in [2.45, 2.75) is 13.1 Å². The van der Waals surface area contributed by atoms with E-state index in [1.807, 2.05) is 30.3 Å². The van der Waals surface area contributed by atoms with Crippen LogP contribution in [0.25, 0.3) is 0 Å². The topological polar surface area (TPSA) is 97.1 Å². The zero-order valence-corrected chi connectivity index (χ0v) is 13.5. The Labute approximate surface area is 139 Å². The van der Waals surface area contributed by atoms with Crippen LogP contribution in [0.4, 0.5) is 0 Å². The van der Waals surface area contributed by atoms with Gasteiger partial charge in [0.1, 0.15) is 5.82 Å². The molecule has 0 atom stereocenters. The summed E-state index contributed by atoms with van der Waals surface area (Å²) in [6.07, 6.45) is 0. The van der Waals surface area contributed by atoms with E-state index >= 15 is 0 Å². The van der Waals surface area contributed by atoms with Gasteiger partial charge in [0, 0.05) is 32.7 Å². The predicted octanol–water partition coefficient (Wildman–Crippen LogP) is -0.468. The number of carbonyl (C=O) groups excluding carboxylic acids is 1. The summed E-state index contributed by atoms with van der Waals surface area (Å²) in [5.41, 5.74) is 0.822. The third kappa shape index (κ3) is 4.77. The van der Waals surface area contributed by atoms with Gasteiger partial charge in [-0.05, 0) is 5.56 Å². The molecule has 1 saturated heterocycles. The van der Waals surface area contributed by atoms with Gasteiger partial charge in [-0.2, -0.15) is 5.10 Å². The van der Waals surface area contributed by atoms with Crippen LogP contribution in [0.1, 0.15) is 11.4 Å². The van der Waals surface area contributed by atoms with Crippen LogP contribution in [0.15, 0.2) is 35.1 Å². The smallest absolute Gasteiger partial charge is 0.340 e. The quantitative estimate of drug-likeness (QED) is 0.665. The number of rotatable bonds is 6. The summed E-state index contributed by atoms with van der Waals surface area (Å²) in [6.45, 7) is 4.95. The minimum absolute atomic E-state index is 0.0453. The van der Waals surface area contributed by atoms with Crippen LogP contribution >= 0.6 is 0 Å². The molecule has 1 aromatic heterocycles. The number of nitrogens with zero attached hydrogens (tertiary/aromatic N) is 3. The van der Waals surface area contributed by atoms with Gasteiger partial charge >= 0.3 is 5.69 Å². The van der Waals surface area contributed by atoms with Gasteiger partial charge in [-0.25, -0.2) is 9.89 Å². The van der Waals surface area contributed by atoms with Gasteiger partial charge < -0.3 is 5.32 Å². The fourth-order valence-electron chi connectivity index (χ4n) is 2.75. The molecule has 0 bridgehead atoms. The molecule has 8 heteroatoms. The molecule has 1 aliphatic heterocycles. The normalized spacial score (nSPS) is 16.2. The van der Waals surface area contributed by atoms with Crippen LogP contribution in [0, 0.1) is 0 Å².